The van der Waals surface area contributed by atoms with Crippen molar-refractivity contribution in [2.24, 2.45) is 13.0 Å². The molecule has 0 amide bonds. The summed E-state index contributed by atoms with van der Waals surface area (Å²) in [7, 11) is 6.18. The molecule has 1 saturated carbocycles. The lowest BCUT2D eigenvalue weighted by Crippen LogP contribution is -2.31. The zero-order valence-electron chi connectivity index (χ0n) is 15.7. The fourth-order valence-electron chi connectivity index (χ4n) is 3.50. The van der Waals surface area contributed by atoms with Gasteiger partial charge in [-0.2, -0.15) is 5.10 Å². The molecule has 138 valence electrons. The van der Waals surface area contributed by atoms with Crippen molar-refractivity contribution < 1.29 is 0 Å². The van der Waals surface area contributed by atoms with Crippen LogP contribution in [0.1, 0.15) is 36.8 Å². The van der Waals surface area contributed by atoms with Gasteiger partial charge in [-0.15, -0.1) is 0 Å². The Bertz CT molecular complexity index is 794. The summed E-state index contributed by atoms with van der Waals surface area (Å²) in [6.07, 6.45) is 10.3. The minimum atomic E-state index is 0.464. The van der Waals surface area contributed by atoms with Gasteiger partial charge in [-0.3, -0.25) is 4.68 Å². The first-order valence-electron chi connectivity index (χ1n) is 9.07. The van der Waals surface area contributed by atoms with Gasteiger partial charge in [0.2, 0.25) is 0 Å². The number of aromatic nitrogens is 3. The van der Waals surface area contributed by atoms with E-state index in [4.69, 9.17) is 11.6 Å². The molecule has 0 saturated heterocycles. The average molecular weight is 372 g/mol. The summed E-state index contributed by atoms with van der Waals surface area (Å²) < 4.78 is 1.75. The SMILES string of the molecule is CN(C)CC1CCC(Nc2cc(Cl)ncc2C#Cc2cnn(C)c2)CC1. The number of rotatable bonds is 4. The summed E-state index contributed by atoms with van der Waals surface area (Å²) in [5.41, 5.74) is 2.73. The van der Waals surface area contributed by atoms with E-state index < -0.39 is 0 Å². The van der Waals surface area contributed by atoms with Crippen molar-refractivity contribution in [2.45, 2.75) is 31.7 Å². The Morgan fingerprint density at radius 1 is 1.23 bits per heavy atom. The van der Waals surface area contributed by atoms with Gasteiger partial charge in [0.25, 0.3) is 0 Å². The Kier molecular flexibility index (Phi) is 6.18. The zero-order chi connectivity index (χ0) is 18.5. The van der Waals surface area contributed by atoms with E-state index in [2.05, 4.69) is 46.2 Å². The summed E-state index contributed by atoms with van der Waals surface area (Å²) in [6, 6.07) is 2.34. The highest BCUT2D eigenvalue weighted by Crippen LogP contribution is 2.28. The fraction of sp³-hybridized carbons (Fsp3) is 0.500. The van der Waals surface area contributed by atoms with E-state index >= 15 is 0 Å². The molecule has 0 radical (unpaired) electrons. The largest absolute Gasteiger partial charge is 0.381 e. The van der Waals surface area contributed by atoms with Gasteiger partial charge in [-0.25, -0.2) is 4.98 Å². The Morgan fingerprint density at radius 2 is 2.00 bits per heavy atom. The molecule has 0 unspecified atom stereocenters. The summed E-state index contributed by atoms with van der Waals surface area (Å²) in [5.74, 6) is 7.15. The van der Waals surface area contributed by atoms with Crippen molar-refractivity contribution in [2.75, 3.05) is 26.0 Å². The topological polar surface area (TPSA) is 46.0 Å². The zero-order valence-corrected chi connectivity index (χ0v) is 16.4. The van der Waals surface area contributed by atoms with Crippen LogP contribution in [0.3, 0.4) is 0 Å². The Labute approximate surface area is 160 Å². The third-order valence-corrected chi connectivity index (χ3v) is 4.95. The van der Waals surface area contributed by atoms with Crippen LogP contribution in [0.25, 0.3) is 0 Å². The Hall–Kier alpha value is -2.03. The Morgan fingerprint density at radius 3 is 2.65 bits per heavy atom. The number of hydrogen-bond acceptors (Lipinski definition) is 4. The molecule has 2 heterocycles. The van der Waals surface area contributed by atoms with Crippen LogP contribution in [-0.2, 0) is 7.05 Å². The van der Waals surface area contributed by atoms with Gasteiger partial charge in [0, 0.05) is 32.0 Å². The van der Waals surface area contributed by atoms with Gasteiger partial charge in [-0.1, -0.05) is 23.4 Å². The second kappa shape index (κ2) is 8.57. The molecule has 5 nitrogen and oxygen atoms in total. The number of halogens is 1. The van der Waals surface area contributed by atoms with E-state index in [9.17, 15) is 0 Å². The number of nitrogens with zero attached hydrogens (tertiary/aromatic N) is 4. The molecular formula is C20H26ClN5. The quantitative estimate of drug-likeness (QED) is 0.661. The number of anilines is 1. The van der Waals surface area contributed by atoms with Crippen molar-refractivity contribution in [1.29, 1.82) is 0 Å². The van der Waals surface area contributed by atoms with Crippen LogP contribution in [0.15, 0.2) is 24.7 Å². The molecule has 2 aromatic heterocycles. The second-order valence-electron chi connectivity index (χ2n) is 7.33. The van der Waals surface area contributed by atoms with Crippen LogP contribution in [-0.4, -0.2) is 46.3 Å². The van der Waals surface area contributed by atoms with Gasteiger partial charge in [0.05, 0.1) is 23.0 Å². The van der Waals surface area contributed by atoms with Crippen LogP contribution < -0.4 is 5.32 Å². The van der Waals surface area contributed by atoms with Crippen molar-refractivity contribution >= 4 is 17.3 Å². The standard InChI is InChI=1S/C20H26ClN5/c1-25(2)13-15-5-8-18(9-6-15)24-19-10-20(21)22-12-17(19)7-4-16-11-23-26(3)14-16/h10-12,14-15,18H,5-6,8-9,13H2,1-3H3,(H,22,24). The summed E-state index contributed by atoms with van der Waals surface area (Å²) in [5, 5.41) is 8.28. The molecule has 0 spiro atoms. The molecule has 0 bridgehead atoms. The lowest BCUT2D eigenvalue weighted by Gasteiger charge is -2.31. The van der Waals surface area contributed by atoms with Crippen molar-refractivity contribution in [3.8, 4) is 11.8 Å². The van der Waals surface area contributed by atoms with E-state index in [1.54, 1.807) is 17.1 Å². The van der Waals surface area contributed by atoms with Gasteiger partial charge < -0.3 is 10.2 Å². The van der Waals surface area contributed by atoms with E-state index in [0.29, 0.717) is 11.2 Å². The predicted octanol–water partition coefficient (Wildman–Crippen LogP) is 3.40. The normalized spacial score (nSPS) is 19.9. The van der Waals surface area contributed by atoms with Crippen molar-refractivity contribution in [3.05, 3.63) is 40.9 Å². The second-order valence-corrected chi connectivity index (χ2v) is 7.72. The lowest BCUT2D eigenvalue weighted by atomic mass is 9.85. The van der Waals surface area contributed by atoms with E-state index in [-0.39, 0.29) is 0 Å². The molecule has 6 heteroatoms. The first kappa shape index (κ1) is 18.8. The summed E-state index contributed by atoms with van der Waals surface area (Å²) in [4.78, 5) is 6.48. The first-order chi connectivity index (χ1) is 12.5. The maximum absolute atomic E-state index is 6.12. The molecule has 26 heavy (non-hydrogen) atoms. The summed E-state index contributed by atoms with van der Waals surface area (Å²) >= 11 is 6.12. The van der Waals surface area contributed by atoms with Crippen LogP contribution in [0, 0.1) is 17.8 Å². The van der Waals surface area contributed by atoms with Crippen molar-refractivity contribution in [1.82, 2.24) is 19.7 Å². The van der Waals surface area contributed by atoms with E-state index in [0.717, 1.165) is 22.7 Å². The van der Waals surface area contributed by atoms with Gasteiger partial charge >= 0.3 is 0 Å². The molecule has 0 aliphatic heterocycles. The van der Waals surface area contributed by atoms with E-state index in [1.165, 1.54) is 32.2 Å². The van der Waals surface area contributed by atoms with Crippen molar-refractivity contribution in [3.63, 3.8) is 0 Å². The lowest BCUT2D eigenvalue weighted by molar-refractivity contribution is 0.255. The minimum absolute atomic E-state index is 0.464. The molecular weight excluding hydrogens is 346 g/mol. The van der Waals surface area contributed by atoms with Crippen LogP contribution in [0.4, 0.5) is 5.69 Å². The molecule has 3 rings (SSSR count). The van der Waals surface area contributed by atoms with Crippen LogP contribution in [0.2, 0.25) is 5.15 Å². The van der Waals surface area contributed by atoms with Gasteiger partial charge in [-0.05, 0) is 51.8 Å². The highest BCUT2D eigenvalue weighted by atomic mass is 35.5. The molecule has 0 aromatic carbocycles. The summed E-state index contributed by atoms with van der Waals surface area (Å²) in [6.45, 7) is 1.18. The molecule has 2 aromatic rings. The number of nitrogens with one attached hydrogen (secondary N) is 1. The highest BCUT2D eigenvalue weighted by molar-refractivity contribution is 6.29. The van der Waals surface area contributed by atoms with Gasteiger partial charge in [0.15, 0.2) is 0 Å². The minimum Gasteiger partial charge on any atom is -0.381 e. The molecule has 1 aliphatic rings. The Balaban J connectivity index is 1.68. The molecule has 0 atom stereocenters. The molecule has 1 N–H and O–H groups in total. The maximum Gasteiger partial charge on any atom is 0.131 e. The number of aryl methyl sites for hydroxylation is 1. The van der Waals surface area contributed by atoms with Crippen LogP contribution in [0.5, 0.6) is 0 Å². The molecule has 1 fully saturated rings. The number of pyridine rings is 1. The fourth-order valence-corrected chi connectivity index (χ4v) is 3.66. The number of hydrogen-bond donors (Lipinski definition) is 1. The van der Waals surface area contributed by atoms with E-state index in [1.807, 2.05) is 19.3 Å². The predicted molar refractivity (Wildman–Crippen MR) is 106 cm³/mol. The highest BCUT2D eigenvalue weighted by Gasteiger charge is 2.22. The first-order valence-corrected chi connectivity index (χ1v) is 9.45. The third-order valence-electron chi connectivity index (χ3n) is 4.75. The monoisotopic (exact) mass is 371 g/mol. The molecule has 1 aliphatic carbocycles. The van der Waals surface area contributed by atoms with Gasteiger partial charge in [0.1, 0.15) is 5.15 Å². The third kappa shape index (κ3) is 5.23. The average Bonchev–Trinajstić information content (AvgIpc) is 3.01. The van der Waals surface area contributed by atoms with Crippen LogP contribution >= 0.6 is 11.6 Å². The maximum atomic E-state index is 6.12. The smallest absolute Gasteiger partial charge is 0.131 e.